The van der Waals surface area contributed by atoms with Gasteiger partial charge in [-0.1, -0.05) is 44.9 Å². The summed E-state index contributed by atoms with van der Waals surface area (Å²) in [5.41, 5.74) is 2.57. The minimum Gasteiger partial charge on any atom is -0.372 e. The van der Waals surface area contributed by atoms with Crippen LogP contribution >= 0.6 is 11.6 Å². The Labute approximate surface area is 129 Å². The maximum absolute atomic E-state index is 6.18. The number of rotatable bonds is 8. The molecule has 1 N–H and O–H groups in total. The summed E-state index contributed by atoms with van der Waals surface area (Å²) >= 11 is 6.18. The third kappa shape index (κ3) is 5.34. The van der Waals surface area contributed by atoms with Crippen LogP contribution in [0.2, 0.25) is 5.02 Å². The Morgan fingerprint density at radius 3 is 2.55 bits per heavy atom. The first-order valence-electron chi connectivity index (χ1n) is 7.67. The second kappa shape index (κ2) is 8.53. The number of halogens is 1. The summed E-state index contributed by atoms with van der Waals surface area (Å²) in [7, 11) is 2.16. The van der Waals surface area contributed by atoms with Gasteiger partial charge in [-0.2, -0.15) is 0 Å². The summed E-state index contributed by atoms with van der Waals surface area (Å²) in [5.74, 6) is 0.669. The fourth-order valence-electron chi connectivity index (χ4n) is 2.36. The van der Waals surface area contributed by atoms with E-state index >= 15 is 0 Å². The molecule has 0 aromatic heterocycles. The van der Waals surface area contributed by atoms with Gasteiger partial charge >= 0.3 is 0 Å². The second-order valence-corrected chi connectivity index (χ2v) is 6.48. The van der Waals surface area contributed by atoms with Gasteiger partial charge < -0.3 is 10.2 Å². The highest BCUT2D eigenvalue weighted by atomic mass is 35.5. The molecule has 0 amide bonds. The van der Waals surface area contributed by atoms with Crippen LogP contribution in [0.4, 0.5) is 5.69 Å². The molecule has 0 bridgehead atoms. The number of nitrogens with zero attached hydrogens (tertiary/aromatic N) is 1. The molecule has 1 unspecified atom stereocenters. The van der Waals surface area contributed by atoms with Gasteiger partial charge in [0.2, 0.25) is 0 Å². The molecular formula is C17H29ClN2. The molecule has 20 heavy (non-hydrogen) atoms. The Bertz CT molecular complexity index is 404. The molecule has 114 valence electrons. The van der Waals surface area contributed by atoms with Crippen molar-refractivity contribution in [3.05, 3.63) is 28.8 Å². The Morgan fingerprint density at radius 2 is 1.95 bits per heavy atom. The van der Waals surface area contributed by atoms with Crippen LogP contribution in [0.1, 0.15) is 46.1 Å². The first-order chi connectivity index (χ1) is 9.45. The molecule has 0 saturated heterocycles. The zero-order valence-electron chi connectivity index (χ0n) is 13.5. The molecule has 0 radical (unpaired) electrons. The summed E-state index contributed by atoms with van der Waals surface area (Å²) in [6.07, 6.45) is 2.40. The Kier molecular flexibility index (Phi) is 7.39. The highest BCUT2D eigenvalue weighted by Crippen LogP contribution is 2.26. The number of anilines is 1. The van der Waals surface area contributed by atoms with Gasteiger partial charge in [0.15, 0.2) is 0 Å². The normalized spacial score (nSPS) is 12.8. The molecule has 0 aliphatic rings. The lowest BCUT2D eigenvalue weighted by atomic mass is 10.1. The maximum atomic E-state index is 6.18. The third-order valence-corrected chi connectivity index (χ3v) is 3.90. The quantitative estimate of drug-likeness (QED) is 0.747. The molecule has 0 spiro atoms. The minimum atomic E-state index is 0.530. The predicted octanol–water partition coefficient (Wildman–Crippen LogP) is 4.71. The van der Waals surface area contributed by atoms with Crippen LogP contribution in [0.15, 0.2) is 18.2 Å². The van der Waals surface area contributed by atoms with E-state index in [1.807, 2.05) is 6.07 Å². The molecular weight excluding hydrogens is 268 g/mol. The van der Waals surface area contributed by atoms with Gasteiger partial charge in [0.1, 0.15) is 0 Å². The van der Waals surface area contributed by atoms with Crippen LogP contribution in [-0.2, 0) is 6.54 Å². The zero-order valence-corrected chi connectivity index (χ0v) is 14.3. The van der Waals surface area contributed by atoms with Gasteiger partial charge in [-0.25, -0.2) is 0 Å². The number of hydrogen-bond acceptors (Lipinski definition) is 2. The first-order valence-corrected chi connectivity index (χ1v) is 8.05. The van der Waals surface area contributed by atoms with E-state index in [4.69, 9.17) is 11.6 Å². The van der Waals surface area contributed by atoms with Crippen LogP contribution in [0.25, 0.3) is 0 Å². The number of nitrogens with one attached hydrogen (secondary N) is 1. The average molecular weight is 297 g/mol. The molecule has 0 aliphatic carbocycles. The van der Waals surface area contributed by atoms with Gasteiger partial charge in [-0.05, 0) is 43.5 Å². The van der Waals surface area contributed by atoms with Crippen LogP contribution in [0, 0.1) is 5.92 Å². The van der Waals surface area contributed by atoms with Crippen LogP contribution in [-0.4, -0.2) is 19.6 Å². The molecule has 0 heterocycles. The van der Waals surface area contributed by atoms with Crippen molar-refractivity contribution in [2.45, 2.75) is 53.1 Å². The standard InChI is InChI=1S/C17H29ClN2/c1-6-7-14(4)20(5)17-10-16(18)9-8-15(17)12-19-11-13(2)3/h8-10,13-14,19H,6-7,11-12H2,1-5H3. The Morgan fingerprint density at radius 1 is 1.25 bits per heavy atom. The van der Waals surface area contributed by atoms with Crippen molar-refractivity contribution >= 4 is 17.3 Å². The van der Waals surface area contributed by atoms with Crippen molar-refractivity contribution in [3.8, 4) is 0 Å². The topological polar surface area (TPSA) is 15.3 Å². The Hall–Kier alpha value is -0.730. The first kappa shape index (κ1) is 17.3. The van der Waals surface area contributed by atoms with Crippen LogP contribution in [0.5, 0.6) is 0 Å². The summed E-state index contributed by atoms with van der Waals surface area (Å²) in [4.78, 5) is 2.35. The summed E-state index contributed by atoms with van der Waals surface area (Å²) in [6, 6.07) is 6.73. The Balaban J connectivity index is 2.83. The van der Waals surface area contributed by atoms with Crippen LogP contribution < -0.4 is 10.2 Å². The fraction of sp³-hybridized carbons (Fsp3) is 0.647. The molecule has 1 atom stereocenters. The van der Waals surface area contributed by atoms with E-state index in [2.05, 4.69) is 57.1 Å². The van der Waals surface area contributed by atoms with Crippen molar-refractivity contribution in [1.29, 1.82) is 0 Å². The fourth-order valence-corrected chi connectivity index (χ4v) is 2.53. The van der Waals surface area contributed by atoms with E-state index in [0.717, 1.165) is 18.1 Å². The van der Waals surface area contributed by atoms with E-state index in [1.54, 1.807) is 0 Å². The minimum absolute atomic E-state index is 0.530. The van der Waals surface area contributed by atoms with E-state index in [-0.39, 0.29) is 0 Å². The molecule has 0 saturated carbocycles. The van der Waals surface area contributed by atoms with Gasteiger partial charge in [-0.3, -0.25) is 0 Å². The number of benzene rings is 1. The van der Waals surface area contributed by atoms with Gasteiger partial charge in [0.05, 0.1) is 0 Å². The molecule has 0 fully saturated rings. The van der Waals surface area contributed by atoms with Crippen molar-refractivity contribution in [2.75, 3.05) is 18.5 Å². The van der Waals surface area contributed by atoms with Gasteiger partial charge in [-0.15, -0.1) is 0 Å². The van der Waals surface area contributed by atoms with E-state index in [1.165, 1.54) is 24.1 Å². The lowest BCUT2D eigenvalue weighted by Crippen LogP contribution is -2.30. The van der Waals surface area contributed by atoms with Gasteiger partial charge in [0, 0.05) is 30.3 Å². The molecule has 1 rings (SSSR count). The smallest absolute Gasteiger partial charge is 0.0426 e. The molecule has 1 aromatic carbocycles. The highest BCUT2D eigenvalue weighted by molar-refractivity contribution is 6.30. The summed E-state index contributed by atoms with van der Waals surface area (Å²) in [5, 5.41) is 4.33. The van der Waals surface area contributed by atoms with Crippen LogP contribution in [0.3, 0.4) is 0 Å². The highest BCUT2D eigenvalue weighted by Gasteiger charge is 2.13. The van der Waals surface area contributed by atoms with Crippen molar-refractivity contribution in [2.24, 2.45) is 5.92 Å². The average Bonchev–Trinajstić information content (AvgIpc) is 2.39. The molecule has 1 aromatic rings. The zero-order chi connectivity index (χ0) is 15.1. The van der Waals surface area contributed by atoms with Gasteiger partial charge in [0.25, 0.3) is 0 Å². The lowest BCUT2D eigenvalue weighted by Gasteiger charge is -2.29. The van der Waals surface area contributed by atoms with Crippen molar-refractivity contribution in [1.82, 2.24) is 5.32 Å². The van der Waals surface area contributed by atoms with E-state index in [9.17, 15) is 0 Å². The molecule has 0 aliphatic heterocycles. The SMILES string of the molecule is CCCC(C)N(C)c1cc(Cl)ccc1CNCC(C)C. The summed E-state index contributed by atoms with van der Waals surface area (Å²) in [6.45, 7) is 10.9. The maximum Gasteiger partial charge on any atom is 0.0426 e. The van der Waals surface area contributed by atoms with Crippen molar-refractivity contribution < 1.29 is 0 Å². The number of hydrogen-bond donors (Lipinski definition) is 1. The second-order valence-electron chi connectivity index (χ2n) is 6.05. The summed E-state index contributed by atoms with van der Waals surface area (Å²) < 4.78 is 0. The van der Waals surface area contributed by atoms with E-state index in [0.29, 0.717) is 12.0 Å². The molecule has 3 heteroatoms. The third-order valence-electron chi connectivity index (χ3n) is 3.66. The molecule has 2 nitrogen and oxygen atoms in total. The predicted molar refractivity (Wildman–Crippen MR) is 90.8 cm³/mol. The van der Waals surface area contributed by atoms with E-state index < -0.39 is 0 Å². The monoisotopic (exact) mass is 296 g/mol. The lowest BCUT2D eigenvalue weighted by molar-refractivity contribution is 0.550. The van der Waals surface area contributed by atoms with Crippen molar-refractivity contribution in [3.63, 3.8) is 0 Å². The largest absolute Gasteiger partial charge is 0.372 e.